The summed E-state index contributed by atoms with van der Waals surface area (Å²) in [5.74, 6) is 0.165. The number of nitrogens with zero attached hydrogens (tertiary/aromatic N) is 1. The third-order valence-electron chi connectivity index (χ3n) is 3.14. The zero-order valence-electron chi connectivity index (χ0n) is 11.4. The molecular formula is C15H16ClFN2O. The van der Waals surface area contributed by atoms with Crippen molar-refractivity contribution in [1.29, 1.82) is 0 Å². The molecule has 5 heteroatoms. The average Bonchev–Trinajstić information content (AvgIpc) is 2.48. The lowest BCUT2D eigenvalue weighted by Gasteiger charge is -2.18. The molecule has 0 aliphatic rings. The van der Waals surface area contributed by atoms with Gasteiger partial charge in [0.25, 0.3) is 0 Å². The van der Waals surface area contributed by atoms with Gasteiger partial charge in [0.1, 0.15) is 5.82 Å². The van der Waals surface area contributed by atoms with Crippen LogP contribution >= 0.6 is 11.6 Å². The summed E-state index contributed by atoms with van der Waals surface area (Å²) in [4.78, 5) is 4.18. The van der Waals surface area contributed by atoms with Gasteiger partial charge in [-0.2, -0.15) is 0 Å². The van der Waals surface area contributed by atoms with Crippen molar-refractivity contribution in [2.75, 3.05) is 14.2 Å². The van der Waals surface area contributed by atoms with E-state index in [9.17, 15) is 4.39 Å². The summed E-state index contributed by atoms with van der Waals surface area (Å²) < 4.78 is 18.8. The fourth-order valence-corrected chi connectivity index (χ4v) is 2.23. The first-order valence-electron chi connectivity index (χ1n) is 6.25. The molecule has 20 heavy (non-hydrogen) atoms. The van der Waals surface area contributed by atoms with Crippen LogP contribution in [0.2, 0.25) is 5.02 Å². The minimum absolute atomic E-state index is 0.0146. The molecule has 1 heterocycles. The Kier molecular flexibility index (Phi) is 4.93. The van der Waals surface area contributed by atoms with Crippen molar-refractivity contribution in [2.45, 2.75) is 12.5 Å². The number of halogens is 2. The largest absolute Gasteiger partial charge is 0.481 e. The average molecular weight is 295 g/mol. The highest BCUT2D eigenvalue weighted by Gasteiger charge is 2.16. The van der Waals surface area contributed by atoms with Gasteiger partial charge in [-0.25, -0.2) is 9.37 Å². The number of hydrogen-bond acceptors (Lipinski definition) is 3. The van der Waals surface area contributed by atoms with Gasteiger partial charge in [-0.05, 0) is 37.2 Å². The monoisotopic (exact) mass is 294 g/mol. The molecule has 3 nitrogen and oxygen atoms in total. The summed E-state index contributed by atoms with van der Waals surface area (Å²) in [5.41, 5.74) is 1.80. The van der Waals surface area contributed by atoms with Gasteiger partial charge in [0.15, 0.2) is 0 Å². The molecule has 0 amide bonds. The van der Waals surface area contributed by atoms with Crippen molar-refractivity contribution in [3.05, 3.63) is 58.5 Å². The normalized spacial score (nSPS) is 12.2. The van der Waals surface area contributed by atoms with Crippen molar-refractivity contribution >= 4 is 11.6 Å². The molecule has 0 bridgehead atoms. The zero-order chi connectivity index (χ0) is 14.5. The van der Waals surface area contributed by atoms with Crippen LogP contribution in [-0.2, 0) is 6.42 Å². The van der Waals surface area contributed by atoms with Crippen LogP contribution in [0.25, 0.3) is 0 Å². The molecule has 1 aromatic heterocycles. The molecule has 2 aromatic rings. The van der Waals surface area contributed by atoms with Crippen LogP contribution in [0, 0.1) is 5.82 Å². The maximum absolute atomic E-state index is 13.5. The summed E-state index contributed by atoms with van der Waals surface area (Å²) in [6.45, 7) is 0. The predicted octanol–water partition coefficient (Wildman–Crippen LogP) is 3.39. The van der Waals surface area contributed by atoms with E-state index < -0.39 is 5.82 Å². The van der Waals surface area contributed by atoms with E-state index in [1.807, 2.05) is 25.2 Å². The molecular weight excluding hydrogens is 279 g/mol. The predicted molar refractivity (Wildman–Crippen MR) is 77.7 cm³/mol. The molecule has 0 saturated carbocycles. The van der Waals surface area contributed by atoms with E-state index in [-0.39, 0.29) is 11.1 Å². The van der Waals surface area contributed by atoms with Crippen LogP contribution in [0.3, 0.4) is 0 Å². The van der Waals surface area contributed by atoms with Gasteiger partial charge in [0.05, 0.1) is 12.1 Å². The molecule has 1 unspecified atom stereocenters. The Labute approximate surface area is 122 Å². The number of benzene rings is 1. The maximum Gasteiger partial charge on any atom is 0.217 e. The summed E-state index contributed by atoms with van der Waals surface area (Å²) in [5, 5.41) is 3.33. The van der Waals surface area contributed by atoms with E-state index in [4.69, 9.17) is 16.3 Å². The van der Waals surface area contributed by atoms with Crippen LogP contribution in [0.1, 0.15) is 17.2 Å². The second-order valence-electron chi connectivity index (χ2n) is 4.40. The maximum atomic E-state index is 13.5. The highest BCUT2D eigenvalue weighted by Crippen LogP contribution is 2.26. The Morgan fingerprint density at radius 1 is 1.40 bits per heavy atom. The molecule has 0 aliphatic heterocycles. The van der Waals surface area contributed by atoms with Crippen LogP contribution in [0.15, 0.2) is 36.5 Å². The van der Waals surface area contributed by atoms with Crippen molar-refractivity contribution in [3.63, 3.8) is 0 Å². The van der Waals surface area contributed by atoms with E-state index in [0.717, 1.165) is 11.1 Å². The quantitative estimate of drug-likeness (QED) is 0.918. The van der Waals surface area contributed by atoms with Gasteiger partial charge in [0.2, 0.25) is 5.88 Å². The Bertz CT molecular complexity index is 592. The molecule has 1 N–H and O–H groups in total. The first kappa shape index (κ1) is 14.8. The lowest BCUT2D eigenvalue weighted by molar-refractivity contribution is 0.384. The number of hydrogen-bond donors (Lipinski definition) is 1. The molecule has 0 radical (unpaired) electrons. The van der Waals surface area contributed by atoms with Gasteiger partial charge >= 0.3 is 0 Å². The summed E-state index contributed by atoms with van der Waals surface area (Å²) in [7, 11) is 3.43. The molecule has 0 aliphatic carbocycles. The first-order valence-corrected chi connectivity index (χ1v) is 6.63. The Balaban J connectivity index is 2.26. The van der Waals surface area contributed by atoms with Crippen LogP contribution in [0.5, 0.6) is 5.88 Å². The SMILES string of the molecule is CNC(Cc1ccc(Cl)c(F)c1)c1cccnc1OC. The lowest BCUT2D eigenvalue weighted by atomic mass is 10.00. The summed E-state index contributed by atoms with van der Waals surface area (Å²) in [6.07, 6.45) is 2.30. The second-order valence-corrected chi connectivity index (χ2v) is 4.80. The fourth-order valence-electron chi connectivity index (χ4n) is 2.11. The first-order chi connectivity index (χ1) is 9.65. The molecule has 1 atom stereocenters. The van der Waals surface area contributed by atoms with Gasteiger partial charge in [-0.3, -0.25) is 0 Å². The highest BCUT2D eigenvalue weighted by molar-refractivity contribution is 6.30. The Morgan fingerprint density at radius 3 is 2.85 bits per heavy atom. The molecule has 1 aromatic carbocycles. The minimum Gasteiger partial charge on any atom is -0.481 e. The number of pyridine rings is 1. The van der Waals surface area contributed by atoms with Crippen LogP contribution in [-0.4, -0.2) is 19.1 Å². The van der Waals surface area contributed by atoms with Gasteiger partial charge in [-0.1, -0.05) is 23.7 Å². The number of likely N-dealkylation sites (N-methyl/N-ethyl adjacent to an activating group) is 1. The molecule has 0 saturated heterocycles. The van der Waals surface area contributed by atoms with Gasteiger partial charge < -0.3 is 10.1 Å². The van der Waals surface area contributed by atoms with Crippen LogP contribution in [0.4, 0.5) is 4.39 Å². The second kappa shape index (κ2) is 6.68. The van der Waals surface area contributed by atoms with Gasteiger partial charge in [0, 0.05) is 17.8 Å². The summed E-state index contributed by atoms with van der Waals surface area (Å²) in [6, 6.07) is 8.62. The van der Waals surface area contributed by atoms with Crippen LogP contribution < -0.4 is 10.1 Å². The van der Waals surface area contributed by atoms with E-state index in [1.165, 1.54) is 6.07 Å². The van der Waals surface area contributed by atoms with E-state index in [2.05, 4.69) is 10.3 Å². The number of aromatic nitrogens is 1. The standard InChI is InChI=1S/C15H16ClFN2O/c1-18-14(11-4-3-7-19-15(11)20-2)9-10-5-6-12(16)13(17)8-10/h3-8,14,18H,9H2,1-2H3. The lowest BCUT2D eigenvalue weighted by Crippen LogP contribution is -2.20. The van der Waals surface area contributed by atoms with E-state index in [0.29, 0.717) is 12.3 Å². The van der Waals surface area contributed by atoms with Crippen molar-refractivity contribution in [3.8, 4) is 5.88 Å². The van der Waals surface area contributed by atoms with Crippen molar-refractivity contribution < 1.29 is 9.13 Å². The number of rotatable bonds is 5. The Morgan fingerprint density at radius 2 is 2.20 bits per heavy atom. The Hall–Kier alpha value is -1.65. The zero-order valence-corrected chi connectivity index (χ0v) is 12.1. The molecule has 2 rings (SSSR count). The topological polar surface area (TPSA) is 34.2 Å². The minimum atomic E-state index is -0.405. The molecule has 0 spiro atoms. The third-order valence-corrected chi connectivity index (χ3v) is 3.45. The summed E-state index contributed by atoms with van der Waals surface area (Å²) >= 11 is 5.70. The third kappa shape index (κ3) is 3.26. The highest BCUT2D eigenvalue weighted by atomic mass is 35.5. The van der Waals surface area contributed by atoms with Gasteiger partial charge in [-0.15, -0.1) is 0 Å². The van der Waals surface area contributed by atoms with Crippen molar-refractivity contribution in [2.24, 2.45) is 0 Å². The number of methoxy groups -OCH3 is 1. The van der Waals surface area contributed by atoms with Crippen molar-refractivity contribution in [1.82, 2.24) is 10.3 Å². The number of ether oxygens (including phenoxy) is 1. The number of nitrogens with one attached hydrogen (secondary N) is 1. The van der Waals surface area contributed by atoms with E-state index in [1.54, 1.807) is 19.4 Å². The fraction of sp³-hybridized carbons (Fsp3) is 0.267. The molecule has 106 valence electrons. The smallest absolute Gasteiger partial charge is 0.217 e. The van der Waals surface area contributed by atoms with E-state index >= 15 is 0 Å². The molecule has 0 fully saturated rings.